The van der Waals surface area contributed by atoms with E-state index in [0.717, 1.165) is 48.3 Å². The fraction of sp³-hybridized carbons (Fsp3) is 0.333. The summed E-state index contributed by atoms with van der Waals surface area (Å²) in [6.07, 6.45) is 5.24. The molecule has 0 bridgehead atoms. The number of nitrogens with zero attached hydrogens (tertiary/aromatic N) is 5. The molecule has 0 fully saturated rings. The van der Waals surface area contributed by atoms with E-state index >= 15 is 0 Å². The molecule has 2 heterocycles. The van der Waals surface area contributed by atoms with Gasteiger partial charge in [-0.2, -0.15) is 15.3 Å². The molecule has 6 nitrogen and oxygen atoms in total. The zero-order chi connectivity index (χ0) is 27.4. The highest BCUT2D eigenvalue weighted by Gasteiger charge is 2.15. The van der Waals surface area contributed by atoms with Gasteiger partial charge < -0.3 is 0 Å². The fourth-order valence-electron chi connectivity index (χ4n) is 5.06. The van der Waals surface area contributed by atoms with Crippen LogP contribution in [-0.2, 0) is 31.3 Å². The Balaban J connectivity index is 1.25. The predicted molar refractivity (Wildman–Crippen MR) is 160 cm³/mol. The molecule has 0 spiro atoms. The Kier molecular flexibility index (Phi) is 7.73. The molecule has 0 unspecified atom stereocenters. The zero-order valence-corrected chi connectivity index (χ0v) is 23.4. The van der Waals surface area contributed by atoms with Gasteiger partial charge in [0.1, 0.15) is 5.82 Å². The molecule has 39 heavy (non-hydrogen) atoms. The second kappa shape index (κ2) is 11.4. The highest BCUT2D eigenvalue weighted by atomic mass is 16.2. The van der Waals surface area contributed by atoms with E-state index in [-0.39, 0.29) is 11.1 Å². The van der Waals surface area contributed by atoms with Crippen LogP contribution in [0.25, 0.3) is 11.1 Å². The van der Waals surface area contributed by atoms with E-state index in [2.05, 4.69) is 104 Å². The topological polar surface area (TPSA) is 64.5 Å². The highest BCUT2D eigenvalue weighted by molar-refractivity contribution is 6.09. The maximum absolute atomic E-state index is 13.1. The Morgan fingerprint density at radius 2 is 1.56 bits per heavy atom. The molecule has 200 valence electrons. The highest BCUT2D eigenvalue weighted by Crippen LogP contribution is 2.24. The number of benzene rings is 3. The van der Waals surface area contributed by atoms with Crippen molar-refractivity contribution in [3.05, 3.63) is 111 Å². The quantitative estimate of drug-likeness (QED) is 0.256. The SMILES string of the molecule is CCn1c(CCCc2cccc(-c3cccc(C4=NN=CC4)c3)c2)nn(Cc2ccc(C(C)(C)C)cc2)c1=O. The summed E-state index contributed by atoms with van der Waals surface area (Å²) in [4.78, 5) is 13.1. The van der Waals surface area contributed by atoms with Gasteiger partial charge in [0, 0.05) is 25.6 Å². The second-order valence-corrected chi connectivity index (χ2v) is 11.2. The van der Waals surface area contributed by atoms with E-state index in [4.69, 9.17) is 5.10 Å². The van der Waals surface area contributed by atoms with Gasteiger partial charge in [-0.3, -0.25) is 4.57 Å². The molecule has 0 saturated heterocycles. The van der Waals surface area contributed by atoms with Crippen LogP contribution in [0.4, 0.5) is 0 Å². The van der Waals surface area contributed by atoms with Crippen molar-refractivity contribution in [3.63, 3.8) is 0 Å². The first-order valence-electron chi connectivity index (χ1n) is 13.9. The van der Waals surface area contributed by atoms with Gasteiger partial charge in [-0.05, 0) is 64.6 Å². The summed E-state index contributed by atoms with van der Waals surface area (Å²) in [6.45, 7) is 9.74. The largest absolute Gasteiger partial charge is 0.346 e. The number of rotatable bonds is 9. The van der Waals surface area contributed by atoms with E-state index in [9.17, 15) is 4.79 Å². The molecule has 0 saturated carbocycles. The lowest BCUT2D eigenvalue weighted by Gasteiger charge is -2.19. The predicted octanol–water partition coefficient (Wildman–Crippen LogP) is 6.43. The van der Waals surface area contributed by atoms with Crippen molar-refractivity contribution in [2.24, 2.45) is 10.2 Å². The third-order valence-corrected chi connectivity index (χ3v) is 7.33. The van der Waals surface area contributed by atoms with Crippen molar-refractivity contribution in [3.8, 4) is 11.1 Å². The lowest BCUT2D eigenvalue weighted by Crippen LogP contribution is -2.25. The second-order valence-electron chi connectivity index (χ2n) is 11.2. The Bertz CT molecular complexity index is 1560. The number of hydrogen-bond donors (Lipinski definition) is 0. The third-order valence-electron chi connectivity index (χ3n) is 7.33. The van der Waals surface area contributed by atoms with E-state index in [1.807, 2.05) is 13.1 Å². The Labute approximate surface area is 230 Å². The van der Waals surface area contributed by atoms with Gasteiger partial charge in [-0.1, -0.05) is 87.5 Å². The van der Waals surface area contributed by atoms with Crippen molar-refractivity contribution in [2.45, 2.75) is 71.9 Å². The van der Waals surface area contributed by atoms with E-state index in [1.165, 1.54) is 22.3 Å². The summed E-state index contributed by atoms with van der Waals surface area (Å²) in [7, 11) is 0. The van der Waals surface area contributed by atoms with Crippen LogP contribution in [-0.4, -0.2) is 26.3 Å². The van der Waals surface area contributed by atoms with Crippen molar-refractivity contribution < 1.29 is 0 Å². The normalized spacial score (nSPS) is 13.2. The fourth-order valence-corrected chi connectivity index (χ4v) is 5.06. The van der Waals surface area contributed by atoms with Gasteiger partial charge in [-0.25, -0.2) is 9.48 Å². The summed E-state index contributed by atoms with van der Waals surface area (Å²) >= 11 is 0. The summed E-state index contributed by atoms with van der Waals surface area (Å²) in [5.74, 6) is 0.859. The molecule has 0 N–H and O–H groups in total. The molecule has 1 aliphatic heterocycles. The van der Waals surface area contributed by atoms with Crippen LogP contribution in [0.15, 0.2) is 87.8 Å². The van der Waals surface area contributed by atoms with Crippen molar-refractivity contribution >= 4 is 11.9 Å². The minimum atomic E-state index is -0.0356. The summed E-state index contributed by atoms with van der Waals surface area (Å²) < 4.78 is 3.42. The summed E-state index contributed by atoms with van der Waals surface area (Å²) in [5.41, 5.74) is 8.23. The Morgan fingerprint density at radius 3 is 2.26 bits per heavy atom. The molecule has 6 heteroatoms. The molecule has 0 atom stereocenters. The number of hydrogen-bond acceptors (Lipinski definition) is 4. The Hall–Kier alpha value is -4.06. The molecule has 1 aromatic heterocycles. The maximum Gasteiger partial charge on any atom is 0.346 e. The molecule has 1 aliphatic rings. The summed E-state index contributed by atoms with van der Waals surface area (Å²) in [6, 6.07) is 25.7. The molecular formula is C33H37N5O. The van der Waals surface area contributed by atoms with E-state index < -0.39 is 0 Å². The summed E-state index contributed by atoms with van der Waals surface area (Å²) in [5, 5.41) is 13.0. The minimum absolute atomic E-state index is 0.0356. The molecule has 5 rings (SSSR count). The van der Waals surface area contributed by atoms with Crippen molar-refractivity contribution in [2.75, 3.05) is 0 Å². The average Bonchev–Trinajstić information content (AvgIpc) is 3.57. The number of aryl methyl sites for hydroxylation is 2. The molecule has 4 aromatic rings. The van der Waals surface area contributed by atoms with Crippen LogP contribution >= 0.6 is 0 Å². The van der Waals surface area contributed by atoms with Gasteiger partial charge in [0.15, 0.2) is 0 Å². The number of aromatic nitrogens is 3. The standard InChI is InChI=1S/C33H37N5O/c1-5-37-31(36-38(32(37)39)23-25-15-17-29(18-16-25)33(2,3)4)14-7-10-24-9-6-11-26(21-24)27-12-8-13-28(22-27)30-19-20-34-35-30/h6,8-9,11-13,15-18,20-22H,5,7,10,14,19,23H2,1-4H3. The maximum atomic E-state index is 13.1. The smallest absolute Gasteiger partial charge is 0.279 e. The van der Waals surface area contributed by atoms with Gasteiger partial charge >= 0.3 is 5.69 Å². The third kappa shape index (κ3) is 6.17. The Morgan fingerprint density at radius 1 is 0.846 bits per heavy atom. The molecule has 0 aliphatic carbocycles. The molecular weight excluding hydrogens is 482 g/mol. The average molecular weight is 520 g/mol. The van der Waals surface area contributed by atoms with Gasteiger partial charge in [-0.15, -0.1) is 0 Å². The van der Waals surface area contributed by atoms with Gasteiger partial charge in [0.2, 0.25) is 0 Å². The molecule has 3 aromatic carbocycles. The van der Waals surface area contributed by atoms with Crippen LogP contribution in [0, 0.1) is 0 Å². The van der Waals surface area contributed by atoms with Gasteiger partial charge in [0.25, 0.3) is 0 Å². The van der Waals surface area contributed by atoms with E-state index in [0.29, 0.717) is 13.1 Å². The lowest BCUT2D eigenvalue weighted by atomic mass is 9.87. The lowest BCUT2D eigenvalue weighted by molar-refractivity contribution is 0.588. The van der Waals surface area contributed by atoms with Gasteiger partial charge in [0.05, 0.1) is 12.3 Å². The van der Waals surface area contributed by atoms with Crippen LogP contribution in [0.3, 0.4) is 0 Å². The first-order valence-corrected chi connectivity index (χ1v) is 13.9. The molecule has 0 radical (unpaired) electrons. The van der Waals surface area contributed by atoms with Crippen molar-refractivity contribution in [1.82, 2.24) is 14.3 Å². The van der Waals surface area contributed by atoms with Crippen LogP contribution in [0.1, 0.15) is 68.6 Å². The monoisotopic (exact) mass is 519 g/mol. The zero-order valence-electron chi connectivity index (χ0n) is 23.4. The van der Waals surface area contributed by atoms with E-state index in [1.54, 1.807) is 9.25 Å². The van der Waals surface area contributed by atoms with Crippen LogP contribution in [0.5, 0.6) is 0 Å². The van der Waals surface area contributed by atoms with Crippen LogP contribution < -0.4 is 5.69 Å². The molecule has 0 amide bonds. The first kappa shape index (κ1) is 26.5. The van der Waals surface area contributed by atoms with Crippen LogP contribution in [0.2, 0.25) is 0 Å². The minimum Gasteiger partial charge on any atom is -0.279 e. The first-order chi connectivity index (χ1) is 18.8. The van der Waals surface area contributed by atoms with Crippen molar-refractivity contribution in [1.29, 1.82) is 0 Å².